The van der Waals surface area contributed by atoms with E-state index in [2.05, 4.69) is 5.10 Å². The van der Waals surface area contributed by atoms with Crippen LogP contribution in [-0.2, 0) is 19.4 Å². The van der Waals surface area contributed by atoms with Crippen LogP contribution in [0.4, 0.5) is 26.3 Å². The quantitative estimate of drug-likeness (QED) is 0.649. The van der Waals surface area contributed by atoms with E-state index in [0.29, 0.717) is 0 Å². The molecule has 0 aliphatic carbocycles. The number of nitrogens with zero attached hydrogens (tertiary/aromatic N) is 2. The van der Waals surface area contributed by atoms with Gasteiger partial charge < -0.3 is 0 Å². The van der Waals surface area contributed by atoms with Crippen molar-refractivity contribution in [2.45, 2.75) is 12.4 Å². The van der Waals surface area contributed by atoms with Gasteiger partial charge in [0.25, 0.3) is 0 Å². The van der Waals surface area contributed by atoms with E-state index in [0.717, 1.165) is 7.05 Å². The van der Waals surface area contributed by atoms with Crippen molar-refractivity contribution in [2.24, 2.45) is 7.05 Å². The molecule has 0 spiro atoms. The molecule has 0 amide bonds. The minimum atomic E-state index is -5.00. The molecule has 0 aromatic carbocycles. The van der Waals surface area contributed by atoms with Gasteiger partial charge in [-0.05, 0) is 0 Å². The first-order chi connectivity index (χ1) is 6.55. The summed E-state index contributed by atoms with van der Waals surface area (Å²) in [6.45, 7) is 0. The van der Waals surface area contributed by atoms with Gasteiger partial charge in [-0.15, -0.1) is 0 Å². The third kappa shape index (κ3) is 2.19. The second kappa shape index (κ2) is 3.29. The lowest BCUT2D eigenvalue weighted by Gasteiger charge is -2.06. The van der Waals surface area contributed by atoms with Gasteiger partial charge in [0.2, 0.25) is 0 Å². The zero-order valence-electron chi connectivity index (χ0n) is 7.04. The number of aromatic nitrogens is 2. The summed E-state index contributed by atoms with van der Waals surface area (Å²) in [7, 11) is 0.740. The molecule has 0 saturated carbocycles. The molecule has 2 nitrogen and oxygen atoms in total. The van der Waals surface area contributed by atoms with Crippen LogP contribution in [0.1, 0.15) is 11.4 Å². The number of alkyl halides is 6. The van der Waals surface area contributed by atoms with E-state index in [1.54, 1.807) is 0 Å². The molecule has 0 saturated heterocycles. The lowest BCUT2D eigenvalue weighted by Crippen LogP contribution is -2.12. The van der Waals surface area contributed by atoms with Gasteiger partial charge in [-0.1, -0.05) is 11.6 Å². The Morgan fingerprint density at radius 3 is 1.73 bits per heavy atom. The molecule has 0 radical (unpaired) electrons. The van der Waals surface area contributed by atoms with Gasteiger partial charge in [-0.25, -0.2) is 0 Å². The van der Waals surface area contributed by atoms with Gasteiger partial charge in [0, 0.05) is 7.05 Å². The fourth-order valence-corrected chi connectivity index (χ4v) is 1.36. The first kappa shape index (κ1) is 12.2. The fourth-order valence-electron chi connectivity index (χ4n) is 0.987. The summed E-state index contributed by atoms with van der Waals surface area (Å²) in [5.74, 6) is 0. The average Bonchev–Trinajstić information content (AvgIpc) is 2.22. The summed E-state index contributed by atoms with van der Waals surface area (Å²) in [5, 5.41) is 1.25. The first-order valence-corrected chi connectivity index (χ1v) is 3.80. The Bertz CT molecular complexity index is 376. The average molecular weight is 253 g/mol. The minimum absolute atomic E-state index is 0.0607. The van der Waals surface area contributed by atoms with E-state index in [-0.39, 0.29) is 4.68 Å². The summed E-state index contributed by atoms with van der Waals surface area (Å²) >= 11 is 4.98. The van der Waals surface area contributed by atoms with Crippen LogP contribution in [0.5, 0.6) is 0 Å². The molecule has 1 aromatic rings. The maximum absolute atomic E-state index is 12.2. The molecule has 0 fully saturated rings. The SMILES string of the molecule is Cn1nc(C(F)(F)F)c(Cl)c1C(F)(F)F. The van der Waals surface area contributed by atoms with Crippen LogP contribution in [-0.4, -0.2) is 9.78 Å². The second-order valence-electron chi connectivity index (χ2n) is 2.63. The van der Waals surface area contributed by atoms with Crippen molar-refractivity contribution >= 4 is 11.6 Å². The van der Waals surface area contributed by atoms with Crippen molar-refractivity contribution in [3.8, 4) is 0 Å². The highest BCUT2D eigenvalue weighted by Gasteiger charge is 2.45. The molecule has 0 unspecified atom stereocenters. The zero-order valence-corrected chi connectivity index (χ0v) is 7.80. The van der Waals surface area contributed by atoms with Crippen molar-refractivity contribution in [1.82, 2.24) is 9.78 Å². The fraction of sp³-hybridized carbons (Fsp3) is 0.500. The van der Waals surface area contributed by atoms with E-state index in [9.17, 15) is 26.3 Å². The Morgan fingerprint density at radius 1 is 1.07 bits per heavy atom. The molecule has 0 bridgehead atoms. The van der Waals surface area contributed by atoms with E-state index in [1.165, 1.54) is 0 Å². The normalized spacial score (nSPS) is 13.3. The van der Waals surface area contributed by atoms with Crippen LogP contribution in [0, 0.1) is 0 Å². The van der Waals surface area contributed by atoms with E-state index < -0.39 is 28.8 Å². The smallest absolute Gasteiger partial charge is 0.262 e. The summed E-state index contributed by atoms with van der Waals surface area (Å²) in [5.41, 5.74) is -3.35. The Labute approximate surface area is 84.4 Å². The monoisotopic (exact) mass is 252 g/mol. The predicted molar refractivity (Wildman–Crippen MR) is 38.2 cm³/mol. The Kier molecular flexibility index (Phi) is 2.67. The maximum atomic E-state index is 12.2. The lowest BCUT2D eigenvalue weighted by molar-refractivity contribution is -0.143. The van der Waals surface area contributed by atoms with Crippen LogP contribution in [0.3, 0.4) is 0 Å². The first-order valence-electron chi connectivity index (χ1n) is 3.42. The number of hydrogen-bond donors (Lipinski definition) is 0. The van der Waals surface area contributed by atoms with Crippen molar-refractivity contribution in [2.75, 3.05) is 0 Å². The topological polar surface area (TPSA) is 17.8 Å². The Hall–Kier alpha value is -0.920. The molecular weight excluding hydrogens is 250 g/mol. The number of hydrogen-bond acceptors (Lipinski definition) is 1. The number of aryl methyl sites for hydroxylation is 1. The van der Waals surface area contributed by atoms with Crippen LogP contribution in [0.15, 0.2) is 0 Å². The van der Waals surface area contributed by atoms with Gasteiger partial charge in [-0.2, -0.15) is 31.4 Å². The predicted octanol–water partition coefficient (Wildman–Crippen LogP) is 3.11. The molecule has 86 valence electrons. The molecule has 0 atom stereocenters. The second-order valence-corrected chi connectivity index (χ2v) is 3.01. The highest BCUT2D eigenvalue weighted by molar-refractivity contribution is 6.32. The third-order valence-electron chi connectivity index (χ3n) is 1.53. The van der Waals surface area contributed by atoms with E-state index in [4.69, 9.17) is 11.6 Å². The van der Waals surface area contributed by atoms with Crippen molar-refractivity contribution < 1.29 is 26.3 Å². The van der Waals surface area contributed by atoms with Crippen LogP contribution < -0.4 is 0 Å². The highest BCUT2D eigenvalue weighted by atomic mass is 35.5. The van der Waals surface area contributed by atoms with Crippen molar-refractivity contribution in [1.29, 1.82) is 0 Å². The lowest BCUT2D eigenvalue weighted by atomic mass is 10.3. The molecule has 0 N–H and O–H groups in total. The third-order valence-corrected chi connectivity index (χ3v) is 1.88. The Balaban J connectivity index is 3.41. The van der Waals surface area contributed by atoms with Gasteiger partial charge in [0.05, 0.1) is 0 Å². The van der Waals surface area contributed by atoms with Gasteiger partial charge in [0.1, 0.15) is 5.02 Å². The Morgan fingerprint density at radius 2 is 1.53 bits per heavy atom. The summed E-state index contributed by atoms with van der Waals surface area (Å²) in [6, 6.07) is 0. The minimum Gasteiger partial charge on any atom is -0.262 e. The highest BCUT2D eigenvalue weighted by Crippen LogP contribution is 2.41. The van der Waals surface area contributed by atoms with Crippen LogP contribution in [0.25, 0.3) is 0 Å². The maximum Gasteiger partial charge on any atom is 0.436 e. The standard InChI is InChI=1S/C6H3ClF6N2/c1-15-4(6(11,12)13)2(7)3(14-15)5(8,9)10/h1H3. The number of rotatable bonds is 0. The molecule has 15 heavy (non-hydrogen) atoms. The number of halogens is 7. The van der Waals surface area contributed by atoms with Crippen LogP contribution >= 0.6 is 11.6 Å². The van der Waals surface area contributed by atoms with Crippen molar-refractivity contribution in [3.63, 3.8) is 0 Å². The zero-order chi connectivity index (χ0) is 12.0. The van der Waals surface area contributed by atoms with Crippen molar-refractivity contribution in [3.05, 3.63) is 16.4 Å². The molecule has 0 aliphatic rings. The molecule has 0 aliphatic heterocycles. The van der Waals surface area contributed by atoms with Gasteiger partial charge in [-0.3, -0.25) is 4.68 Å². The molecule has 1 rings (SSSR count). The van der Waals surface area contributed by atoms with E-state index >= 15 is 0 Å². The molecule has 1 aromatic heterocycles. The van der Waals surface area contributed by atoms with Gasteiger partial charge >= 0.3 is 12.4 Å². The summed E-state index contributed by atoms with van der Waals surface area (Å²) in [6.07, 6.45) is -9.97. The molecule has 1 heterocycles. The largest absolute Gasteiger partial charge is 0.436 e. The molecule has 9 heteroatoms. The summed E-state index contributed by atoms with van der Waals surface area (Å²) in [4.78, 5) is 0. The van der Waals surface area contributed by atoms with E-state index in [1.807, 2.05) is 0 Å². The van der Waals surface area contributed by atoms with Gasteiger partial charge in [0.15, 0.2) is 11.4 Å². The molecular formula is C6H3ClF6N2. The van der Waals surface area contributed by atoms with Crippen LogP contribution in [0.2, 0.25) is 5.02 Å². The summed E-state index contributed by atoms with van der Waals surface area (Å²) < 4.78 is 73.0.